The van der Waals surface area contributed by atoms with Crippen LogP contribution in [0.25, 0.3) is 77.2 Å². The molecule has 8 aromatic carbocycles. The summed E-state index contributed by atoms with van der Waals surface area (Å²) >= 11 is 0. The lowest BCUT2D eigenvalue weighted by Crippen LogP contribution is -1.95. The van der Waals surface area contributed by atoms with Gasteiger partial charge in [0.15, 0.2) is 0 Å². The van der Waals surface area contributed by atoms with Crippen molar-refractivity contribution in [2.24, 2.45) is 0 Å². The average Bonchev–Trinajstić information content (AvgIpc) is 3.12. The van der Waals surface area contributed by atoms with Crippen molar-refractivity contribution in [2.45, 2.75) is 0 Å². The number of benzene rings is 8. The number of hydrogen-bond donors (Lipinski definition) is 2. The molecule has 0 unspecified atom stereocenters. The predicted molar refractivity (Wildman–Crippen MR) is 192 cm³/mol. The van der Waals surface area contributed by atoms with Crippen molar-refractivity contribution in [3.63, 3.8) is 0 Å². The largest absolute Gasteiger partial charge is 0.507 e. The number of hydrogen-bond acceptors (Lipinski definition) is 2. The second-order valence-electron chi connectivity index (χ2n) is 11.6. The molecular formula is C44H30O2. The molecular weight excluding hydrogens is 560 g/mol. The molecule has 2 heteroatoms. The van der Waals surface area contributed by atoms with Crippen LogP contribution in [0.1, 0.15) is 0 Å². The Morgan fingerprint density at radius 1 is 0.261 bits per heavy atom. The molecule has 46 heavy (non-hydrogen) atoms. The standard InChI is InChI=1S/C44H30O2/c45-43-35(29-13-3-1-4-14-29)21-11-23-39(43)37-27-25-31-17-7-9-19-33(31)41(37)42-34-20-10-8-18-32(34)26-28-38(42)40-24-12-22-36(44(40)46)30-15-5-2-6-16-30/h1-28,45-46H. The minimum Gasteiger partial charge on any atom is -0.507 e. The number of fused-ring (bicyclic) bond motifs is 2. The van der Waals surface area contributed by atoms with E-state index in [9.17, 15) is 10.2 Å². The van der Waals surface area contributed by atoms with Crippen LogP contribution in [-0.4, -0.2) is 10.2 Å². The van der Waals surface area contributed by atoms with E-state index in [-0.39, 0.29) is 11.5 Å². The van der Waals surface area contributed by atoms with Gasteiger partial charge in [-0.05, 0) is 54.9 Å². The van der Waals surface area contributed by atoms with E-state index in [4.69, 9.17) is 0 Å². The van der Waals surface area contributed by atoms with E-state index in [0.29, 0.717) is 0 Å². The molecule has 2 nitrogen and oxygen atoms in total. The fourth-order valence-corrected chi connectivity index (χ4v) is 6.75. The Morgan fingerprint density at radius 2 is 0.630 bits per heavy atom. The van der Waals surface area contributed by atoms with Crippen LogP contribution in [0.3, 0.4) is 0 Å². The van der Waals surface area contributed by atoms with E-state index >= 15 is 0 Å². The van der Waals surface area contributed by atoms with Crippen molar-refractivity contribution < 1.29 is 10.2 Å². The highest BCUT2D eigenvalue weighted by Gasteiger charge is 2.23. The molecule has 0 aromatic heterocycles. The summed E-state index contributed by atoms with van der Waals surface area (Å²) in [6.45, 7) is 0. The number of phenolic OH excluding ortho intramolecular Hbond substituents is 2. The van der Waals surface area contributed by atoms with Gasteiger partial charge >= 0.3 is 0 Å². The van der Waals surface area contributed by atoms with Gasteiger partial charge in [0.05, 0.1) is 0 Å². The zero-order valence-electron chi connectivity index (χ0n) is 25.1. The van der Waals surface area contributed by atoms with E-state index in [1.165, 1.54) is 0 Å². The van der Waals surface area contributed by atoms with Crippen molar-refractivity contribution in [3.05, 3.63) is 170 Å². The van der Waals surface area contributed by atoms with Crippen molar-refractivity contribution >= 4 is 21.5 Å². The topological polar surface area (TPSA) is 40.5 Å². The average molecular weight is 591 g/mol. The first-order valence-electron chi connectivity index (χ1n) is 15.5. The van der Waals surface area contributed by atoms with Gasteiger partial charge in [-0.25, -0.2) is 0 Å². The summed E-state index contributed by atoms with van der Waals surface area (Å²) in [5.41, 5.74) is 8.84. The lowest BCUT2D eigenvalue weighted by molar-refractivity contribution is 0.479. The Balaban J connectivity index is 1.48. The van der Waals surface area contributed by atoms with E-state index < -0.39 is 0 Å². The molecule has 0 fully saturated rings. The van der Waals surface area contributed by atoms with Crippen LogP contribution in [0.2, 0.25) is 0 Å². The van der Waals surface area contributed by atoms with E-state index in [1.807, 2.05) is 97.1 Å². The Hall–Kier alpha value is -6.12. The van der Waals surface area contributed by atoms with E-state index in [1.54, 1.807) is 0 Å². The molecule has 0 saturated heterocycles. The third kappa shape index (κ3) is 4.60. The number of rotatable bonds is 5. The normalized spacial score (nSPS) is 11.2. The van der Waals surface area contributed by atoms with Crippen LogP contribution in [0.15, 0.2) is 170 Å². The lowest BCUT2D eigenvalue weighted by atomic mass is 9.82. The smallest absolute Gasteiger partial charge is 0.131 e. The molecule has 8 rings (SSSR count). The highest BCUT2D eigenvalue weighted by atomic mass is 16.3. The summed E-state index contributed by atoms with van der Waals surface area (Å²) in [6.07, 6.45) is 0. The van der Waals surface area contributed by atoms with Crippen LogP contribution >= 0.6 is 0 Å². The third-order valence-electron chi connectivity index (χ3n) is 8.93. The lowest BCUT2D eigenvalue weighted by Gasteiger charge is -2.22. The molecule has 0 aliphatic rings. The van der Waals surface area contributed by atoms with Crippen molar-refractivity contribution in [1.82, 2.24) is 0 Å². The molecule has 0 aliphatic carbocycles. The van der Waals surface area contributed by atoms with Crippen molar-refractivity contribution in [3.8, 4) is 67.1 Å². The molecule has 218 valence electrons. The maximum Gasteiger partial charge on any atom is 0.131 e. The Labute approximate surface area is 268 Å². The minimum atomic E-state index is 0.237. The van der Waals surface area contributed by atoms with E-state index in [0.717, 1.165) is 77.2 Å². The second kappa shape index (κ2) is 11.4. The Bertz CT molecular complexity index is 2200. The first-order chi connectivity index (χ1) is 22.7. The first kappa shape index (κ1) is 27.4. The Kier molecular flexibility index (Phi) is 6.81. The molecule has 0 bridgehead atoms. The minimum absolute atomic E-state index is 0.237. The maximum atomic E-state index is 11.9. The molecule has 2 N–H and O–H groups in total. The molecule has 8 aromatic rings. The SMILES string of the molecule is Oc1c(-c2ccccc2)cccc1-c1ccc2ccccc2c1-c1c(-c2cccc(-c3ccccc3)c2O)ccc2ccccc12. The zero-order chi connectivity index (χ0) is 31.0. The van der Waals surface area contributed by atoms with Gasteiger partial charge in [-0.1, -0.05) is 170 Å². The number of phenols is 2. The number of para-hydroxylation sites is 2. The molecule has 0 atom stereocenters. The quantitative estimate of drug-likeness (QED) is 0.209. The highest BCUT2D eigenvalue weighted by Crippen LogP contribution is 2.50. The maximum absolute atomic E-state index is 11.9. The first-order valence-corrected chi connectivity index (χ1v) is 15.5. The summed E-state index contributed by atoms with van der Waals surface area (Å²) in [6, 6.07) is 57.2. The van der Waals surface area contributed by atoms with Gasteiger partial charge in [-0.3, -0.25) is 0 Å². The summed E-state index contributed by atoms with van der Waals surface area (Å²) in [5, 5.41) is 28.1. The Morgan fingerprint density at radius 3 is 1.07 bits per heavy atom. The van der Waals surface area contributed by atoms with Crippen molar-refractivity contribution in [1.29, 1.82) is 0 Å². The van der Waals surface area contributed by atoms with Crippen LogP contribution in [0.5, 0.6) is 11.5 Å². The molecule has 0 heterocycles. The summed E-state index contributed by atoms with van der Waals surface area (Å²) < 4.78 is 0. The summed E-state index contributed by atoms with van der Waals surface area (Å²) in [7, 11) is 0. The van der Waals surface area contributed by atoms with Gasteiger partial charge < -0.3 is 10.2 Å². The fraction of sp³-hybridized carbons (Fsp3) is 0. The van der Waals surface area contributed by atoms with Gasteiger partial charge in [0.2, 0.25) is 0 Å². The summed E-state index contributed by atoms with van der Waals surface area (Å²) in [5.74, 6) is 0.474. The van der Waals surface area contributed by atoms with Gasteiger partial charge in [0, 0.05) is 22.3 Å². The van der Waals surface area contributed by atoms with E-state index in [2.05, 4.69) is 72.8 Å². The molecule has 0 aliphatic heterocycles. The molecule has 0 saturated carbocycles. The van der Waals surface area contributed by atoms with Crippen molar-refractivity contribution in [2.75, 3.05) is 0 Å². The monoisotopic (exact) mass is 590 g/mol. The molecule has 0 radical (unpaired) electrons. The fourth-order valence-electron chi connectivity index (χ4n) is 6.75. The highest BCUT2D eigenvalue weighted by molar-refractivity contribution is 6.15. The van der Waals surface area contributed by atoms with Gasteiger partial charge in [0.25, 0.3) is 0 Å². The number of aromatic hydroxyl groups is 2. The third-order valence-corrected chi connectivity index (χ3v) is 8.93. The van der Waals surface area contributed by atoms with Gasteiger partial charge in [-0.2, -0.15) is 0 Å². The molecule has 0 amide bonds. The van der Waals surface area contributed by atoms with Crippen LogP contribution in [0, 0.1) is 0 Å². The molecule has 0 spiro atoms. The zero-order valence-corrected chi connectivity index (χ0v) is 25.1. The second-order valence-corrected chi connectivity index (χ2v) is 11.6. The predicted octanol–water partition coefficient (Wildman–Crippen LogP) is 11.7. The summed E-state index contributed by atoms with van der Waals surface area (Å²) in [4.78, 5) is 0. The van der Waals surface area contributed by atoms with Crippen LogP contribution < -0.4 is 0 Å². The van der Waals surface area contributed by atoms with Crippen LogP contribution in [-0.2, 0) is 0 Å². The van der Waals surface area contributed by atoms with Gasteiger partial charge in [0.1, 0.15) is 11.5 Å². The van der Waals surface area contributed by atoms with Crippen LogP contribution in [0.4, 0.5) is 0 Å². The van der Waals surface area contributed by atoms with Gasteiger partial charge in [-0.15, -0.1) is 0 Å².